The zero-order chi connectivity index (χ0) is 18.9. The smallest absolute Gasteiger partial charge is 0.405 e. The number of carbonyl (C=O) groups is 2. The molecule has 1 aromatic rings. The highest BCUT2D eigenvalue weighted by Gasteiger charge is 2.22. The second-order valence-corrected chi connectivity index (χ2v) is 5.42. The number of carbonyl (C=O) groups excluding carboxylic acids is 2. The van der Waals surface area contributed by atoms with E-state index in [0.29, 0.717) is 37.7 Å². The van der Waals surface area contributed by atoms with E-state index in [1.165, 1.54) is 18.6 Å². The average molecular weight is 361 g/mol. The second kappa shape index (κ2) is 9.16. The van der Waals surface area contributed by atoms with Gasteiger partial charge < -0.3 is 25.1 Å². The lowest BCUT2D eigenvalue weighted by Gasteiger charge is -2.34. The number of amides is 2. The molecule has 26 heavy (non-hydrogen) atoms. The van der Waals surface area contributed by atoms with Crippen molar-refractivity contribution in [3.05, 3.63) is 18.0 Å². The Morgan fingerprint density at radius 3 is 2.62 bits per heavy atom. The Kier molecular flexibility index (Phi) is 6.67. The minimum atomic E-state index is -0.913. The molecular weight excluding hydrogens is 342 g/mol. The first-order valence-electron chi connectivity index (χ1n) is 7.86. The minimum Gasteiger partial charge on any atom is -0.441 e. The third kappa shape index (κ3) is 5.59. The zero-order valence-electron chi connectivity index (χ0n) is 14.2. The molecule has 1 saturated heterocycles. The molecule has 1 aliphatic heterocycles. The van der Waals surface area contributed by atoms with Crippen molar-refractivity contribution in [2.45, 2.75) is 13.0 Å². The molecule has 1 aliphatic rings. The first-order chi connectivity index (χ1) is 12.5. The van der Waals surface area contributed by atoms with Crippen LogP contribution in [-0.2, 0) is 14.4 Å². The Hall–Kier alpha value is -3.42. The lowest BCUT2D eigenvalue weighted by molar-refractivity contribution is -0.136. The molecule has 1 unspecified atom stereocenters. The van der Waals surface area contributed by atoms with Crippen molar-refractivity contribution >= 4 is 24.2 Å². The molecule has 1 aromatic heterocycles. The highest BCUT2D eigenvalue weighted by atomic mass is 16.6. The minimum absolute atomic E-state index is 0.203. The quantitative estimate of drug-likeness (QED) is 0.526. The lowest BCUT2D eigenvalue weighted by atomic mass is 10.3. The topological polar surface area (TPSA) is 147 Å². The average Bonchev–Trinajstić information content (AvgIpc) is 2.64. The van der Waals surface area contributed by atoms with Crippen LogP contribution in [0.4, 0.5) is 10.7 Å². The van der Waals surface area contributed by atoms with E-state index in [1.54, 1.807) is 11.8 Å². The SMILES string of the molecule is CC(C=NOCC(=O)N1CCN(c2ncc(C#N)cn2)CC1)OC(N)=O. The summed E-state index contributed by atoms with van der Waals surface area (Å²) in [7, 11) is 0. The number of aromatic nitrogens is 2. The fourth-order valence-corrected chi connectivity index (χ4v) is 2.22. The first kappa shape index (κ1) is 18.9. The van der Waals surface area contributed by atoms with E-state index in [2.05, 4.69) is 19.9 Å². The van der Waals surface area contributed by atoms with E-state index in [-0.39, 0.29) is 12.5 Å². The number of oxime groups is 1. The van der Waals surface area contributed by atoms with Gasteiger partial charge in [-0.05, 0) is 6.92 Å². The number of rotatable bonds is 6. The van der Waals surface area contributed by atoms with Gasteiger partial charge in [0.05, 0.1) is 24.2 Å². The Balaban J connectivity index is 1.73. The van der Waals surface area contributed by atoms with E-state index in [1.807, 2.05) is 11.0 Å². The van der Waals surface area contributed by atoms with Crippen molar-refractivity contribution in [3.63, 3.8) is 0 Å². The molecule has 0 saturated carbocycles. The summed E-state index contributed by atoms with van der Waals surface area (Å²) in [4.78, 5) is 39.4. The van der Waals surface area contributed by atoms with Gasteiger partial charge >= 0.3 is 6.09 Å². The van der Waals surface area contributed by atoms with Gasteiger partial charge in [0.15, 0.2) is 6.61 Å². The molecule has 1 atom stereocenters. The summed E-state index contributed by atoms with van der Waals surface area (Å²) in [5, 5.41) is 12.3. The summed E-state index contributed by atoms with van der Waals surface area (Å²) in [6, 6.07) is 1.97. The third-order valence-corrected chi connectivity index (χ3v) is 3.52. The molecule has 138 valence electrons. The Labute approximate surface area is 150 Å². The maximum absolute atomic E-state index is 12.1. The summed E-state index contributed by atoms with van der Waals surface area (Å²) < 4.78 is 4.62. The number of hydrogen-bond acceptors (Lipinski definition) is 9. The third-order valence-electron chi connectivity index (χ3n) is 3.52. The molecule has 0 aliphatic carbocycles. The van der Waals surface area contributed by atoms with Crippen molar-refractivity contribution in [1.29, 1.82) is 5.26 Å². The molecule has 2 N–H and O–H groups in total. The number of nitrogens with zero attached hydrogens (tertiary/aromatic N) is 6. The summed E-state index contributed by atoms with van der Waals surface area (Å²) in [6.07, 6.45) is 2.62. The van der Waals surface area contributed by atoms with Gasteiger partial charge in [-0.15, -0.1) is 0 Å². The van der Waals surface area contributed by atoms with Gasteiger partial charge in [0.1, 0.15) is 12.2 Å². The maximum atomic E-state index is 12.1. The molecule has 0 aromatic carbocycles. The molecule has 0 bridgehead atoms. The van der Waals surface area contributed by atoms with E-state index < -0.39 is 12.2 Å². The highest BCUT2D eigenvalue weighted by Crippen LogP contribution is 2.11. The molecule has 2 amide bonds. The van der Waals surface area contributed by atoms with E-state index >= 15 is 0 Å². The van der Waals surface area contributed by atoms with Crippen LogP contribution in [0.1, 0.15) is 12.5 Å². The van der Waals surface area contributed by atoms with Crippen molar-refractivity contribution in [1.82, 2.24) is 14.9 Å². The standard InChI is InChI=1S/C15H19N7O4/c1-11(26-14(17)24)7-20-25-10-13(23)21-2-4-22(5-3-21)15-18-8-12(6-16)9-19-15/h7-9,11H,2-5,10H2,1H3,(H2,17,24). The Bertz CT molecular complexity index is 693. The van der Waals surface area contributed by atoms with Gasteiger partial charge in [0.25, 0.3) is 5.91 Å². The first-order valence-corrected chi connectivity index (χ1v) is 7.86. The van der Waals surface area contributed by atoms with Crippen LogP contribution in [0.25, 0.3) is 0 Å². The predicted octanol–water partition coefficient (Wildman–Crippen LogP) is -0.517. The molecule has 0 radical (unpaired) electrons. The monoisotopic (exact) mass is 361 g/mol. The van der Waals surface area contributed by atoms with Gasteiger partial charge in [0, 0.05) is 26.2 Å². The predicted molar refractivity (Wildman–Crippen MR) is 90.1 cm³/mol. The fourth-order valence-electron chi connectivity index (χ4n) is 2.22. The Morgan fingerprint density at radius 1 is 1.38 bits per heavy atom. The number of nitrogens with two attached hydrogens (primary N) is 1. The number of primary amides is 1. The van der Waals surface area contributed by atoms with Crippen molar-refractivity contribution < 1.29 is 19.2 Å². The molecule has 0 spiro atoms. The van der Waals surface area contributed by atoms with Crippen LogP contribution in [0.5, 0.6) is 0 Å². The van der Waals surface area contributed by atoms with Gasteiger partial charge in [0.2, 0.25) is 5.95 Å². The molecule has 1 fully saturated rings. The summed E-state index contributed by atoms with van der Waals surface area (Å²) in [5.41, 5.74) is 5.26. The fraction of sp³-hybridized carbons (Fsp3) is 0.467. The van der Waals surface area contributed by atoms with E-state index in [0.717, 1.165) is 0 Å². The van der Waals surface area contributed by atoms with E-state index in [9.17, 15) is 9.59 Å². The summed E-state index contributed by atoms with van der Waals surface area (Å²) in [6.45, 7) is 3.48. The number of nitriles is 1. The van der Waals surface area contributed by atoms with E-state index in [4.69, 9.17) is 15.8 Å². The zero-order valence-corrected chi connectivity index (χ0v) is 14.2. The summed E-state index contributed by atoms with van der Waals surface area (Å²) >= 11 is 0. The van der Waals surface area contributed by atoms with Gasteiger partial charge in [-0.1, -0.05) is 5.16 Å². The van der Waals surface area contributed by atoms with Crippen LogP contribution in [0.2, 0.25) is 0 Å². The van der Waals surface area contributed by atoms with Crippen molar-refractivity contribution in [2.24, 2.45) is 10.9 Å². The maximum Gasteiger partial charge on any atom is 0.405 e. The lowest BCUT2D eigenvalue weighted by Crippen LogP contribution is -2.50. The number of anilines is 1. The molecule has 11 nitrogen and oxygen atoms in total. The van der Waals surface area contributed by atoms with Crippen LogP contribution in [0, 0.1) is 11.3 Å². The largest absolute Gasteiger partial charge is 0.441 e. The summed E-state index contributed by atoms with van der Waals surface area (Å²) in [5.74, 6) is 0.325. The van der Waals surface area contributed by atoms with Gasteiger partial charge in [-0.2, -0.15) is 5.26 Å². The number of ether oxygens (including phenoxy) is 1. The number of hydrogen-bond donors (Lipinski definition) is 1. The van der Waals surface area contributed by atoms with Crippen LogP contribution < -0.4 is 10.6 Å². The van der Waals surface area contributed by atoms with Crippen LogP contribution in [0.15, 0.2) is 17.5 Å². The van der Waals surface area contributed by atoms with Crippen LogP contribution in [-0.4, -0.2) is 72.0 Å². The van der Waals surface area contributed by atoms with Crippen LogP contribution >= 0.6 is 0 Å². The molecule has 11 heteroatoms. The van der Waals surface area contributed by atoms with Crippen molar-refractivity contribution in [2.75, 3.05) is 37.7 Å². The second-order valence-electron chi connectivity index (χ2n) is 5.42. The van der Waals surface area contributed by atoms with Gasteiger partial charge in [-0.25, -0.2) is 14.8 Å². The van der Waals surface area contributed by atoms with Gasteiger partial charge in [-0.3, -0.25) is 4.79 Å². The molecule has 2 heterocycles. The molecular formula is C15H19N7O4. The molecule has 2 rings (SSSR count). The van der Waals surface area contributed by atoms with Crippen molar-refractivity contribution in [3.8, 4) is 6.07 Å². The normalized spacial score (nSPS) is 15.4. The van der Waals surface area contributed by atoms with Crippen LogP contribution in [0.3, 0.4) is 0 Å². The highest BCUT2D eigenvalue weighted by molar-refractivity contribution is 5.78. The Morgan fingerprint density at radius 2 is 2.04 bits per heavy atom. The number of piperazine rings is 1.